The Hall–Kier alpha value is -5.25. The third-order valence-corrected chi connectivity index (χ3v) is 14.7. The number of alkyl halides is 1. The monoisotopic (exact) mass is 1080 g/mol. The first-order valence-electron chi connectivity index (χ1n) is 24.7. The molecule has 20 heteroatoms. The van der Waals surface area contributed by atoms with Gasteiger partial charge in [-0.05, 0) is 93.7 Å². The fraction of sp³-hybridized carbons (Fsp3) is 0.538. The second kappa shape index (κ2) is 28.3. The molecular weight excluding hydrogens is 1010 g/mol. The van der Waals surface area contributed by atoms with Crippen molar-refractivity contribution in [1.29, 1.82) is 0 Å². The lowest BCUT2D eigenvalue weighted by Gasteiger charge is -2.39. The molecule has 0 aliphatic carbocycles. The molecule has 3 aliphatic rings. The number of hydrogen-bond donors (Lipinski definition) is 7. The van der Waals surface area contributed by atoms with E-state index in [9.17, 15) is 42.3 Å². The van der Waals surface area contributed by atoms with Gasteiger partial charge in [0.25, 0.3) is 10.0 Å². The standard InChI is InChI=1S/C52H71BrN6O12S/c1-5-6-14-46(61)58-42-27-35(3)43(70-36(42)4)23-16-34(2)17-24-44-51(66)52(33-69-52)29-39(71-44)28-48(63)55-31-37-18-21-40(22-19-37)72(67,68)59-47(62)25-20-38-12-9-10-13-41(38)57-50(65)32-56-45(60)15-8-7-11-26-54-49(64)30-53/h6,9-10,12-14,16-19,21-22,24,35-36,39,42-44,51,66H,5,7-8,11,15,20,23,25-33H2,1-4H3,(H,54,64)(H,55,63)(H,56,60)(H,57,65)(H,58,61)(H,59,62)/b14-6-,24-17+,34-16+/t35-,36+,39+,42+,43-,44+,51+,52+/m0/s1. The third-order valence-electron chi connectivity index (χ3n) is 12.8. The summed E-state index contributed by atoms with van der Waals surface area (Å²) < 4.78 is 46.6. The van der Waals surface area contributed by atoms with E-state index in [0.717, 1.165) is 31.3 Å². The molecule has 18 nitrogen and oxygen atoms in total. The first-order valence-corrected chi connectivity index (χ1v) is 27.3. The van der Waals surface area contributed by atoms with Crippen molar-refractivity contribution in [3.05, 3.63) is 95.6 Å². The second-order valence-corrected chi connectivity index (χ2v) is 21.0. The van der Waals surface area contributed by atoms with Crippen molar-refractivity contribution >= 4 is 67.1 Å². The summed E-state index contributed by atoms with van der Waals surface area (Å²) in [6.45, 7) is 8.78. The molecular formula is C52H71BrN6O12S. The average Bonchev–Trinajstić information content (AvgIpc) is 4.13. The van der Waals surface area contributed by atoms with Crippen molar-refractivity contribution in [1.82, 2.24) is 26.0 Å². The molecule has 3 heterocycles. The Morgan fingerprint density at radius 1 is 0.875 bits per heavy atom. The van der Waals surface area contributed by atoms with Gasteiger partial charge in [0, 0.05) is 38.0 Å². The number of allylic oxidation sites excluding steroid dienone is 3. The van der Waals surface area contributed by atoms with Crippen LogP contribution in [0.25, 0.3) is 0 Å². The van der Waals surface area contributed by atoms with Crippen molar-refractivity contribution in [2.45, 2.75) is 152 Å². The molecule has 7 N–H and O–H groups in total. The van der Waals surface area contributed by atoms with E-state index >= 15 is 0 Å². The van der Waals surface area contributed by atoms with Crippen LogP contribution in [0.1, 0.15) is 103 Å². The summed E-state index contributed by atoms with van der Waals surface area (Å²) >= 11 is 3.08. The van der Waals surface area contributed by atoms with Gasteiger partial charge in [0.1, 0.15) is 17.8 Å². The quantitative estimate of drug-likeness (QED) is 0.0223. The Balaban J connectivity index is 1.02. The summed E-state index contributed by atoms with van der Waals surface area (Å²) in [5.74, 6) is -1.78. The Kier molecular flexibility index (Phi) is 22.6. The molecule has 5 rings (SSSR count). The fourth-order valence-electron chi connectivity index (χ4n) is 8.55. The van der Waals surface area contributed by atoms with Crippen LogP contribution >= 0.6 is 15.9 Å². The number of unbranched alkanes of at least 4 members (excludes halogenated alkanes) is 2. The zero-order valence-corrected chi connectivity index (χ0v) is 44.0. The first-order chi connectivity index (χ1) is 34.4. The second-order valence-electron chi connectivity index (χ2n) is 18.7. The van der Waals surface area contributed by atoms with E-state index in [1.54, 1.807) is 48.6 Å². The van der Waals surface area contributed by atoms with E-state index in [0.29, 0.717) is 49.2 Å². The number of nitrogens with one attached hydrogen (secondary N) is 6. The Morgan fingerprint density at radius 3 is 2.35 bits per heavy atom. The molecule has 8 atom stereocenters. The molecule has 394 valence electrons. The fourth-order valence-corrected chi connectivity index (χ4v) is 9.76. The highest BCUT2D eigenvalue weighted by Crippen LogP contribution is 2.43. The van der Waals surface area contributed by atoms with Gasteiger partial charge < -0.3 is 45.9 Å². The van der Waals surface area contributed by atoms with Crippen LogP contribution in [0, 0.1) is 5.92 Å². The van der Waals surface area contributed by atoms with E-state index in [2.05, 4.69) is 60.2 Å². The number of aliphatic hydroxyl groups excluding tert-OH is 1. The molecule has 0 radical (unpaired) electrons. The Morgan fingerprint density at radius 2 is 1.62 bits per heavy atom. The molecule has 0 unspecified atom stereocenters. The first kappa shape index (κ1) is 57.6. The predicted molar refractivity (Wildman–Crippen MR) is 275 cm³/mol. The van der Waals surface area contributed by atoms with E-state index in [4.69, 9.17) is 14.2 Å². The molecule has 2 aromatic carbocycles. The van der Waals surface area contributed by atoms with E-state index in [-0.39, 0.29) is 96.8 Å². The summed E-state index contributed by atoms with van der Waals surface area (Å²) in [6.07, 6.45) is 11.7. The van der Waals surface area contributed by atoms with Gasteiger partial charge in [-0.2, -0.15) is 0 Å². The van der Waals surface area contributed by atoms with E-state index in [1.807, 2.05) is 32.9 Å². The van der Waals surface area contributed by atoms with Gasteiger partial charge in [0.15, 0.2) is 0 Å². The number of epoxide rings is 1. The van der Waals surface area contributed by atoms with Gasteiger partial charge in [-0.1, -0.05) is 96.4 Å². The van der Waals surface area contributed by atoms with E-state index < -0.39 is 45.8 Å². The number of benzene rings is 2. The molecule has 3 aliphatic heterocycles. The summed E-state index contributed by atoms with van der Waals surface area (Å²) in [6, 6.07) is 12.5. The maximum atomic E-state index is 13.1. The number of aryl methyl sites for hydroxylation is 1. The van der Waals surface area contributed by atoms with Crippen LogP contribution in [0.5, 0.6) is 0 Å². The van der Waals surface area contributed by atoms with Gasteiger partial charge in [-0.25, -0.2) is 13.1 Å². The Labute approximate surface area is 431 Å². The lowest BCUT2D eigenvalue weighted by Crippen LogP contribution is -2.50. The molecule has 0 saturated carbocycles. The van der Waals surface area contributed by atoms with Crippen LogP contribution < -0.4 is 31.3 Å². The largest absolute Gasteiger partial charge is 0.387 e. The van der Waals surface area contributed by atoms with Crippen molar-refractivity contribution in [2.24, 2.45) is 5.92 Å². The zero-order valence-electron chi connectivity index (χ0n) is 41.6. The summed E-state index contributed by atoms with van der Waals surface area (Å²) in [5.41, 5.74) is 1.81. The number of amides is 6. The maximum Gasteiger partial charge on any atom is 0.264 e. The van der Waals surface area contributed by atoms with Gasteiger partial charge in [-0.15, -0.1) is 0 Å². The van der Waals surface area contributed by atoms with Crippen LogP contribution in [0.4, 0.5) is 5.69 Å². The number of ether oxygens (including phenoxy) is 3. The van der Waals surface area contributed by atoms with Gasteiger partial charge in [0.2, 0.25) is 35.4 Å². The lowest BCUT2D eigenvalue weighted by atomic mass is 9.87. The lowest BCUT2D eigenvalue weighted by molar-refractivity contribution is -0.145. The molecule has 3 saturated heterocycles. The highest BCUT2D eigenvalue weighted by Gasteiger charge is 2.58. The van der Waals surface area contributed by atoms with Gasteiger partial charge >= 0.3 is 0 Å². The smallest absolute Gasteiger partial charge is 0.264 e. The average molecular weight is 1080 g/mol. The number of halogens is 1. The molecule has 6 amide bonds. The van der Waals surface area contributed by atoms with Crippen molar-refractivity contribution < 1.29 is 56.5 Å². The minimum Gasteiger partial charge on any atom is -0.387 e. The highest BCUT2D eigenvalue weighted by atomic mass is 79.9. The molecule has 3 fully saturated rings. The number of para-hydroxylation sites is 1. The molecule has 72 heavy (non-hydrogen) atoms. The van der Waals surface area contributed by atoms with E-state index in [1.165, 1.54) is 12.1 Å². The van der Waals surface area contributed by atoms with Crippen LogP contribution in [-0.2, 0) is 66.0 Å². The Bertz CT molecular complexity index is 2390. The topological polar surface area (TPSA) is 260 Å². The van der Waals surface area contributed by atoms with Crippen LogP contribution in [-0.4, -0.2) is 116 Å². The highest BCUT2D eigenvalue weighted by molar-refractivity contribution is 9.09. The number of carbonyl (C=O) groups excluding carboxylic acids is 6. The van der Waals surface area contributed by atoms with Crippen molar-refractivity contribution in [2.75, 3.05) is 30.3 Å². The minimum absolute atomic E-state index is 0.0136. The normalized spacial score (nSPS) is 24.1. The van der Waals surface area contributed by atoms with Crippen molar-refractivity contribution in [3.8, 4) is 0 Å². The van der Waals surface area contributed by atoms with Crippen LogP contribution in [0.2, 0.25) is 0 Å². The SMILES string of the molecule is CC/C=C\C(=O)N[C@@H]1C[C@H](C)[C@H](C/C=C(C)/C=C/[C@H]2O[C@H](CC(=O)NCc3ccc(S(=O)(=O)NC(=O)CCc4ccccc4NC(=O)CNC(=O)CCCCCNC(=O)CBr)cc3)C[C@@]3(CO3)[C@@H]2O)O[C@@H]1C. The van der Waals surface area contributed by atoms with Gasteiger partial charge in [0.05, 0.1) is 54.2 Å². The minimum atomic E-state index is -4.23. The van der Waals surface area contributed by atoms with Crippen LogP contribution in [0.3, 0.4) is 0 Å². The van der Waals surface area contributed by atoms with Gasteiger partial charge in [-0.3, -0.25) is 28.8 Å². The summed E-state index contributed by atoms with van der Waals surface area (Å²) in [5, 5.41) is 25.4. The molecule has 0 aromatic heterocycles. The maximum absolute atomic E-state index is 13.1. The molecule has 1 spiro atoms. The number of sulfonamides is 1. The van der Waals surface area contributed by atoms with Crippen LogP contribution in [0.15, 0.2) is 89.4 Å². The molecule has 2 aromatic rings. The third kappa shape index (κ3) is 18.7. The zero-order chi connectivity index (χ0) is 52.3. The number of aliphatic hydroxyl groups is 1. The number of anilines is 1. The number of carbonyl (C=O) groups is 6. The number of rotatable bonds is 26. The number of hydrogen-bond acceptors (Lipinski definition) is 12. The van der Waals surface area contributed by atoms with Crippen molar-refractivity contribution in [3.63, 3.8) is 0 Å². The summed E-state index contributed by atoms with van der Waals surface area (Å²) in [4.78, 5) is 74.2. The predicted octanol–water partition coefficient (Wildman–Crippen LogP) is 4.70. The summed E-state index contributed by atoms with van der Waals surface area (Å²) in [7, 11) is -4.23. The molecule has 0 bridgehead atoms.